The minimum Gasteiger partial charge on any atom is -0.543 e. The lowest BCUT2D eigenvalue weighted by molar-refractivity contribution is 0.00578. The van der Waals surface area contributed by atoms with Crippen LogP contribution in [0.15, 0.2) is 12.1 Å². The quantitative estimate of drug-likeness (QED) is 0.694. The van der Waals surface area contributed by atoms with E-state index in [1.165, 1.54) is 0 Å². The van der Waals surface area contributed by atoms with Crippen molar-refractivity contribution in [3.8, 4) is 17.2 Å². The molecule has 1 aliphatic heterocycles. The highest BCUT2D eigenvalue weighted by Crippen LogP contribution is 2.41. The number of ether oxygens (including phenoxy) is 2. The average Bonchev–Trinajstić information content (AvgIpc) is 2.72. The first-order valence-corrected chi connectivity index (χ1v) is 12.4. The van der Waals surface area contributed by atoms with Crippen LogP contribution in [-0.2, 0) is 9.31 Å². The highest BCUT2D eigenvalue weighted by Gasteiger charge is 2.53. The van der Waals surface area contributed by atoms with Crippen LogP contribution in [-0.4, -0.2) is 40.9 Å². The number of benzene rings is 1. The fourth-order valence-electron chi connectivity index (χ4n) is 2.61. The van der Waals surface area contributed by atoms with Gasteiger partial charge in [-0.1, -0.05) is 20.8 Å². The molecule has 1 fully saturated rings. The molecule has 0 aromatic heterocycles. The predicted octanol–water partition coefficient (Wildman–Crippen LogP) is 4.39. The molecule has 0 saturated carbocycles. The summed E-state index contributed by atoms with van der Waals surface area (Å²) in [7, 11) is 0.724. The zero-order chi connectivity index (χ0) is 20.8. The Balaban J connectivity index is 2.47. The third-order valence-electron chi connectivity index (χ3n) is 6.19. The Morgan fingerprint density at radius 3 is 1.63 bits per heavy atom. The first-order chi connectivity index (χ1) is 12.1. The number of hydrogen-bond donors (Lipinski definition) is 0. The van der Waals surface area contributed by atoms with E-state index in [2.05, 4.69) is 33.9 Å². The third-order valence-corrected chi connectivity index (χ3v) is 10.5. The monoisotopic (exact) mass is 394 g/mol. The molecule has 2 rings (SSSR count). The van der Waals surface area contributed by atoms with Gasteiger partial charge in [-0.15, -0.1) is 0 Å². The van der Waals surface area contributed by atoms with E-state index in [9.17, 15) is 0 Å². The first kappa shape index (κ1) is 22.1. The fourth-order valence-corrected chi connectivity index (χ4v) is 3.63. The highest BCUT2D eigenvalue weighted by molar-refractivity contribution is 6.74. The van der Waals surface area contributed by atoms with Gasteiger partial charge in [0.1, 0.15) is 17.2 Å². The molecule has 5 nitrogen and oxygen atoms in total. The van der Waals surface area contributed by atoms with Gasteiger partial charge in [-0.3, -0.25) is 0 Å². The molecule has 7 heteroatoms. The van der Waals surface area contributed by atoms with E-state index in [1.807, 2.05) is 39.8 Å². The molecule has 1 saturated heterocycles. The van der Waals surface area contributed by atoms with E-state index in [0.717, 1.165) is 11.2 Å². The smallest absolute Gasteiger partial charge is 0.502 e. The Bertz CT molecular complexity index is 653. The second kappa shape index (κ2) is 7.01. The van der Waals surface area contributed by atoms with Crippen molar-refractivity contribution in [2.24, 2.45) is 0 Å². The van der Waals surface area contributed by atoms with Crippen molar-refractivity contribution in [3.05, 3.63) is 12.1 Å². The summed E-state index contributed by atoms with van der Waals surface area (Å²) in [5.74, 6) is 2.03. The van der Waals surface area contributed by atoms with Crippen LogP contribution in [0.4, 0.5) is 0 Å². The van der Waals surface area contributed by atoms with E-state index in [1.54, 1.807) is 14.2 Å². The van der Waals surface area contributed by atoms with Gasteiger partial charge < -0.3 is 23.2 Å². The molecular formula is C20H35BO5Si. The minimum atomic E-state index is -1.99. The molecule has 0 spiro atoms. The lowest BCUT2D eigenvalue weighted by Gasteiger charge is -2.36. The average molecular weight is 394 g/mol. The van der Waals surface area contributed by atoms with Crippen molar-refractivity contribution in [1.82, 2.24) is 0 Å². The van der Waals surface area contributed by atoms with Crippen molar-refractivity contribution in [1.29, 1.82) is 0 Å². The molecule has 0 unspecified atom stereocenters. The van der Waals surface area contributed by atoms with Gasteiger partial charge in [-0.05, 0) is 45.8 Å². The molecule has 1 aromatic rings. The molecule has 1 aliphatic rings. The van der Waals surface area contributed by atoms with Crippen molar-refractivity contribution in [3.63, 3.8) is 0 Å². The van der Waals surface area contributed by atoms with Crippen LogP contribution in [0.5, 0.6) is 17.2 Å². The molecule has 1 aromatic carbocycles. The molecule has 0 bridgehead atoms. The van der Waals surface area contributed by atoms with Crippen LogP contribution in [0, 0.1) is 0 Å². The fraction of sp³-hybridized carbons (Fsp3) is 0.700. The summed E-state index contributed by atoms with van der Waals surface area (Å²) in [6.07, 6.45) is 0. The topological polar surface area (TPSA) is 46.2 Å². The standard InChI is InChI=1S/C20H35BO5Si/c1-18(2,3)27(10,11)24-14-12-15(22-8)17(16(13-14)23-9)21-25-19(4,5)20(6,7)26-21/h12-13H,1-11H3. The lowest BCUT2D eigenvalue weighted by atomic mass is 9.77. The third kappa shape index (κ3) is 4.15. The SMILES string of the molecule is COc1cc(O[Si](C)(C)C(C)(C)C)cc(OC)c1B1OC(C)(C)C(C)(C)O1. The maximum absolute atomic E-state index is 6.45. The molecule has 27 heavy (non-hydrogen) atoms. The molecular weight excluding hydrogens is 359 g/mol. The van der Waals surface area contributed by atoms with Crippen LogP contribution in [0.1, 0.15) is 48.5 Å². The van der Waals surface area contributed by atoms with Gasteiger partial charge in [0, 0.05) is 12.1 Å². The molecule has 0 N–H and O–H groups in total. The molecule has 0 radical (unpaired) electrons. The van der Waals surface area contributed by atoms with Crippen LogP contribution < -0.4 is 19.4 Å². The first-order valence-electron chi connectivity index (χ1n) is 9.46. The molecule has 1 heterocycles. The summed E-state index contributed by atoms with van der Waals surface area (Å²) in [6.45, 7) is 19.2. The van der Waals surface area contributed by atoms with Crippen molar-refractivity contribution >= 4 is 20.9 Å². The molecule has 0 aliphatic carbocycles. The van der Waals surface area contributed by atoms with Crippen molar-refractivity contribution < 1.29 is 23.2 Å². The second-order valence-electron chi connectivity index (χ2n) is 9.69. The maximum Gasteiger partial charge on any atom is 0.502 e. The van der Waals surface area contributed by atoms with Gasteiger partial charge in [0.05, 0.1) is 30.9 Å². The van der Waals surface area contributed by atoms with Crippen molar-refractivity contribution in [2.45, 2.75) is 77.8 Å². The van der Waals surface area contributed by atoms with Crippen LogP contribution in [0.25, 0.3) is 0 Å². The molecule has 152 valence electrons. The normalized spacial score (nSPS) is 19.1. The molecule has 0 atom stereocenters. The van der Waals surface area contributed by atoms with Gasteiger partial charge >= 0.3 is 7.12 Å². The summed E-state index contributed by atoms with van der Waals surface area (Å²) in [5, 5.41) is 0.0951. The number of hydrogen-bond acceptors (Lipinski definition) is 5. The van der Waals surface area contributed by atoms with Gasteiger partial charge in [0.15, 0.2) is 0 Å². The highest BCUT2D eigenvalue weighted by atomic mass is 28.4. The van der Waals surface area contributed by atoms with E-state index in [0.29, 0.717) is 11.5 Å². The van der Waals surface area contributed by atoms with Gasteiger partial charge in [-0.25, -0.2) is 0 Å². The summed E-state index contributed by atoms with van der Waals surface area (Å²) in [5.41, 5.74) is -0.130. The van der Waals surface area contributed by atoms with E-state index < -0.39 is 26.6 Å². The van der Waals surface area contributed by atoms with Gasteiger partial charge in [0.25, 0.3) is 0 Å². The second-order valence-corrected chi connectivity index (χ2v) is 14.4. The Labute approximate surface area is 165 Å². The van der Waals surface area contributed by atoms with Crippen molar-refractivity contribution in [2.75, 3.05) is 14.2 Å². The summed E-state index contributed by atoms with van der Waals surface area (Å²) in [4.78, 5) is 0. The van der Waals surface area contributed by atoms with Crippen LogP contribution >= 0.6 is 0 Å². The van der Waals surface area contributed by atoms with Crippen LogP contribution in [0.3, 0.4) is 0 Å². The maximum atomic E-state index is 6.45. The Hall–Kier alpha value is -1.18. The van der Waals surface area contributed by atoms with E-state index >= 15 is 0 Å². The van der Waals surface area contributed by atoms with Gasteiger partial charge in [-0.2, -0.15) is 0 Å². The zero-order valence-corrected chi connectivity index (χ0v) is 19.8. The van der Waals surface area contributed by atoms with E-state index in [-0.39, 0.29) is 5.04 Å². The number of rotatable bonds is 5. The van der Waals surface area contributed by atoms with Crippen LogP contribution in [0.2, 0.25) is 18.1 Å². The summed E-state index contributed by atoms with van der Waals surface area (Å²) in [6, 6.07) is 3.81. The predicted molar refractivity (Wildman–Crippen MR) is 113 cm³/mol. The van der Waals surface area contributed by atoms with Gasteiger partial charge in [0.2, 0.25) is 8.32 Å². The number of methoxy groups -OCH3 is 2. The minimum absolute atomic E-state index is 0.0951. The summed E-state index contributed by atoms with van der Waals surface area (Å²) < 4.78 is 30.2. The molecule has 0 amide bonds. The van der Waals surface area contributed by atoms with E-state index in [4.69, 9.17) is 23.2 Å². The zero-order valence-electron chi connectivity index (χ0n) is 18.8. The Morgan fingerprint density at radius 2 is 1.30 bits per heavy atom. The Kier molecular flexibility index (Phi) is 5.74. The lowest BCUT2D eigenvalue weighted by Crippen LogP contribution is -2.44. The largest absolute Gasteiger partial charge is 0.543 e. The summed E-state index contributed by atoms with van der Waals surface area (Å²) >= 11 is 0. The Morgan fingerprint density at radius 1 is 0.889 bits per heavy atom.